The summed E-state index contributed by atoms with van der Waals surface area (Å²) >= 11 is 6.17. The third-order valence-corrected chi connectivity index (χ3v) is 11.5. The molecule has 0 N–H and O–H groups in total. The second-order valence-corrected chi connectivity index (χ2v) is 14.3. The second-order valence-electron chi connectivity index (χ2n) is 4.32. The highest BCUT2D eigenvalue weighted by molar-refractivity contribution is 8.89. The molecule has 9 heteroatoms. The fourth-order valence-corrected chi connectivity index (χ4v) is 9.48. The normalized spacial score (nSPS) is 13.9. The van der Waals surface area contributed by atoms with Crippen LogP contribution in [-0.4, -0.2) is 33.8 Å². The molecule has 0 aliphatic carbocycles. The molecule has 0 radical (unpaired) electrons. The van der Waals surface area contributed by atoms with Crippen molar-refractivity contribution >= 4 is 52.1 Å². The molecule has 0 amide bonds. The zero-order valence-electron chi connectivity index (χ0n) is 14.1. The van der Waals surface area contributed by atoms with Crippen LogP contribution in [0.5, 0.6) is 0 Å². The summed E-state index contributed by atoms with van der Waals surface area (Å²) in [5.74, 6) is 0.651. The van der Waals surface area contributed by atoms with Crippen LogP contribution < -0.4 is 0 Å². The monoisotopic (exact) mass is 412 g/mol. The number of hydrogen-bond donors (Lipinski definition) is 0. The molecule has 1 heterocycles. The zero-order chi connectivity index (χ0) is 17.1. The maximum Gasteiger partial charge on any atom is 0.313 e. The van der Waals surface area contributed by atoms with Gasteiger partial charge in [0.05, 0.1) is 12.3 Å². The van der Waals surface area contributed by atoms with E-state index in [-0.39, 0.29) is 0 Å². The highest BCUT2D eigenvalue weighted by Gasteiger charge is 2.24. The Labute approximate surface area is 156 Å². The van der Waals surface area contributed by atoms with Crippen LogP contribution in [0.15, 0.2) is 16.2 Å². The third-order valence-electron chi connectivity index (χ3n) is 2.41. The molecular formula is C14H25N2O2PS4. The molecule has 0 aromatic carbocycles. The minimum atomic E-state index is -2.70. The fraction of sp³-hybridized carbons (Fsp3) is 0.714. The Balaban J connectivity index is 2.82. The lowest BCUT2D eigenvalue weighted by atomic mass is 10.5. The highest BCUT2D eigenvalue weighted by Crippen LogP contribution is 2.70. The average molecular weight is 413 g/mol. The van der Waals surface area contributed by atoms with Crippen molar-refractivity contribution < 1.29 is 9.09 Å². The first kappa shape index (κ1) is 21.7. The first-order valence-corrected chi connectivity index (χ1v) is 14.5. The van der Waals surface area contributed by atoms with Gasteiger partial charge in [0.1, 0.15) is 5.03 Å². The Morgan fingerprint density at radius 2 is 1.83 bits per heavy atom. The molecule has 1 aromatic heterocycles. The van der Waals surface area contributed by atoms with Crippen molar-refractivity contribution in [1.29, 1.82) is 0 Å². The van der Waals surface area contributed by atoms with E-state index < -0.39 is 5.77 Å². The molecule has 1 atom stereocenters. The molecule has 0 saturated heterocycles. The van der Waals surface area contributed by atoms with Gasteiger partial charge in [-0.2, -0.15) is 0 Å². The van der Waals surface area contributed by atoms with Gasteiger partial charge in [0.15, 0.2) is 5.16 Å². The summed E-state index contributed by atoms with van der Waals surface area (Å²) in [4.78, 5) is 9.12. The Morgan fingerprint density at radius 1 is 1.09 bits per heavy atom. The summed E-state index contributed by atoms with van der Waals surface area (Å²) in [6, 6.07) is 2.00. The van der Waals surface area contributed by atoms with E-state index in [0.717, 1.165) is 39.6 Å². The van der Waals surface area contributed by atoms with Crippen LogP contribution in [0.2, 0.25) is 0 Å². The van der Waals surface area contributed by atoms with Crippen molar-refractivity contribution in [3.63, 3.8) is 0 Å². The summed E-state index contributed by atoms with van der Waals surface area (Å²) in [5.41, 5.74) is 0.925. The van der Waals surface area contributed by atoms with Crippen LogP contribution in [-0.2, 0) is 14.8 Å². The Bertz CT molecular complexity index is 495. The van der Waals surface area contributed by atoms with Gasteiger partial charge >= 0.3 is 5.77 Å². The van der Waals surface area contributed by atoms with E-state index in [1.54, 1.807) is 23.5 Å². The van der Waals surface area contributed by atoms with E-state index in [1.165, 1.54) is 22.8 Å². The van der Waals surface area contributed by atoms with E-state index in [9.17, 15) is 4.57 Å². The van der Waals surface area contributed by atoms with Crippen LogP contribution in [0.1, 0.15) is 39.8 Å². The van der Waals surface area contributed by atoms with E-state index in [1.807, 2.05) is 13.0 Å². The predicted octanol–water partition coefficient (Wildman–Crippen LogP) is 6.22. The quantitative estimate of drug-likeness (QED) is 0.173. The Morgan fingerprint density at radius 3 is 2.43 bits per heavy atom. The highest BCUT2D eigenvalue weighted by atomic mass is 33.1. The number of rotatable bonds is 12. The lowest BCUT2D eigenvalue weighted by molar-refractivity contribution is 0.357. The molecule has 1 aromatic rings. The molecule has 1 unspecified atom stereocenters. The minimum absolute atomic E-state index is 0.471. The molecule has 0 fully saturated rings. The lowest BCUT2D eigenvalue weighted by Gasteiger charge is -2.16. The number of thioether (sulfide) groups is 2. The minimum Gasteiger partial charge on any atom is -0.314 e. The van der Waals surface area contributed by atoms with Gasteiger partial charge in [-0.05, 0) is 30.9 Å². The molecule has 0 aliphatic rings. The lowest BCUT2D eigenvalue weighted by Crippen LogP contribution is -1.96. The smallest absolute Gasteiger partial charge is 0.313 e. The van der Waals surface area contributed by atoms with Gasteiger partial charge in [-0.1, -0.05) is 55.3 Å². The number of hydrogen-bond acceptors (Lipinski definition) is 8. The summed E-state index contributed by atoms with van der Waals surface area (Å²) in [6.45, 7) is 8.64. The topological polar surface area (TPSA) is 52.1 Å². The van der Waals surface area contributed by atoms with Gasteiger partial charge < -0.3 is 4.52 Å². The van der Waals surface area contributed by atoms with Gasteiger partial charge in [-0.15, -0.1) is 11.8 Å². The average Bonchev–Trinajstić information content (AvgIpc) is 2.52. The zero-order valence-corrected chi connectivity index (χ0v) is 18.3. The summed E-state index contributed by atoms with van der Waals surface area (Å²) < 4.78 is 18.4. The maximum absolute atomic E-state index is 12.8. The van der Waals surface area contributed by atoms with Gasteiger partial charge in [-0.25, -0.2) is 9.97 Å². The van der Waals surface area contributed by atoms with Crippen molar-refractivity contribution in [2.24, 2.45) is 0 Å². The molecule has 1 rings (SSSR count). The third kappa shape index (κ3) is 8.54. The van der Waals surface area contributed by atoms with Gasteiger partial charge in [0.25, 0.3) is 0 Å². The van der Waals surface area contributed by atoms with Crippen LogP contribution in [0.25, 0.3) is 0 Å². The number of aromatic nitrogens is 2. The summed E-state index contributed by atoms with van der Waals surface area (Å²) in [6.07, 6.45) is 0.990. The first-order chi connectivity index (χ1) is 11.1. The van der Waals surface area contributed by atoms with E-state index in [4.69, 9.17) is 4.52 Å². The fourth-order valence-electron chi connectivity index (χ4n) is 1.56. The molecule has 0 saturated carbocycles. The van der Waals surface area contributed by atoms with Crippen molar-refractivity contribution in [3.8, 4) is 0 Å². The molecule has 132 valence electrons. The van der Waals surface area contributed by atoms with Crippen LogP contribution >= 0.6 is 52.1 Å². The van der Waals surface area contributed by atoms with E-state index in [0.29, 0.717) is 12.4 Å². The molecule has 0 aliphatic heterocycles. The summed E-state index contributed by atoms with van der Waals surface area (Å²) in [5, 5.41) is 1.79. The van der Waals surface area contributed by atoms with Crippen molar-refractivity contribution in [2.75, 3.05) is 23.9 Å². The van der Waals surface area contributed by atoms with E-state index in [2.05, 4.69) is 30.7 Å². The number of nitrogens with zero attached hydrogens (tertiary/aromatic N) is 2. The van der Waals surface area contributed by atoms with Crippen molar-refractivity contribution in [2.45, 2.75) is 50.1 Å². The standard InChI is InChI=1S/C14H25N2O2PS4/c1-5-9-22-19(17,18-6-2)23-11-12-10-13(20-7-3)16-14(15-12)21-8-4/h10H,5-9,11H2,1-4H3. The SMILES string of the molecule is CCCSP(=O)(OCC)SCc1cc(SCC)nc(SCC)n1. The molecule has 0 bridgehead atoms. The van der Waals surface area contributed by atoms with Crippen LogP contribution in [0.3, 0.4) is 0 Å². The molecule has 4 nitrogen and oxygen atoms in total. The largest absolute Gasteiger partial charge is 0.314 e. The van der Waals surface area contributed by atoms with Crippen molar-refractivity contribution in [3.05, 3.63) is 11.8 Å². The van der Waals surface area contributed by atoms with Gasteiger partial charge in [0, 0.05) is 11.5 Å². The van der Waals surface area contributed by atoms with Crippen LogP contribution in [0, 0.1) is 0 Å². The van der Waals surface area contributed by atoms with Gasteiger partial charge in [0.2, 0.25) is 0 Å². The summed E-state index contributed by atoms with van der Waals surface area (Å²) in [7, 11) is 0. The van der Waals surface area contributed by atoms with E-state index >= 15 is 0 Å². The second kappa shape index (κ2) is 12.1. The van der Waals surface area contributed by atoms with Gasteiger partial charge in [-0.3, -0.25) is 4.57 Å². The molecular weight excluding hydrogens is 387 g/mol. The Kier molecular flexibility index (Phi) is 11.4. The maximum atomic E-state index is 12.8. The molecule has 0 spiro atoms. The Hall–Kier alpha value is 0.670. The molecule has 23 heavy (non-hydrogen) atoms. The van der Waals surface area contributed by atoms with Crippen molar-refractivity contribution in [1.82, 2.24) is 9.97 Å². The first-order valence-electron chi connectivity index (χ1n) is 7.74. The van der Waals surface area contributed by atoms with Crippen LogP contribution in [0.4, 0.5) is 0 Å². The predicted molar refractivity (Wildman–Crippen MR) is 108 cm³/mol.